The predicted molar refractivity (Wildman–Crippen MR) is 69.9 cm³/mol. The molecule has 0 aromatic heterocycles. The highest BCUT2D eigenvalue weighted by molar-refractivity contribution is 5.90. The van der Waals surface area contributed by atoms with Crippen molar-refractivity contribution < 1.29 is 9.59 Å². The van der Waals surface area contributed by atoms with E-state index in [1.54, 1.807) is 0 Å². The van der Waals surface area contributed by atoms with Crippen molar-refractivity contribution in [3.8, 4) is 0 Å². The fourth-order valence-corrected chi connectivity index (χ4v) is 2.54. The third-order valence-electron chi connectivity index (χ3n) is 4.24. The lowest BCUT2D eigenvalue weighted by atomic mass is 9.98. The van der Waals surface area contributed by atoms with Gasteiger partial charge in [0.1, 0.15) is 6.04 Å². The summed E-state index contributed by atoms with van der Waals surface area (Å²) < 4.78 is 0. The summed E-state index contributed by atoms with van der Waals surface area (Å²) in [5, 5.41) is 2.90. The van der Waals surface area contributed by atoms with Crippen molar-refractivity contribution in [3.05, 3.63) is 0 Å². The second kappa shape index (κ2) is 5.29. The van der Waals surface area contributed by atoms with Gasteiger partial charge in [0.05, 0.1) is 0 Å². The van der Waals surface area contributed by atoms with Crippen molar-refractivity contribution in [2.45, 2.75) is 58.5 Å². The van der Waals surface area contributed by atoms with Gasteiger partial charge >= 0.3 is 0 Å². The van der Waals surface area contributed by atoms with E-state index in [2.05, 4.69) is 12.2 Å². The highest BCUT2D eigenvalue weighted by Gasteiger charge is 2.38. The Balaban J connectivity index is 2.15. The lowest BCUT2D eigenvalue weighted by Gasteiger charge is -2.30. The Labute approximate surface area is 109 Å². The van der Waals surface area contributed by atoms with Crippen LogP contribution in [0.2, 0.25) is 0 Å². The van der Waals surface area contributed by atoms with Gasteiger partial charge in [0.25, 0.3) is 0 Å². The lowest BCUT2D eigenvalue weighted by molar-refractivity contribution is -0.136. The first kappa shape index (κ1) is 13.4. The van der Waals surface area contributed by atoms with Crippen molar-refractivity contribution in [1.29, 1.82) is 0 Å². The Hall–Kier alpha value is -1.06. The average molecular weight is 252 g/mol. The Morgan fingerprint density at radius 3 is 2.61 bits per heavy atom. The minimum Gasteiger partial charge on any atom is -0.344 e. The van der Waals surface area contributed by atoms with Gasteiger partial charge in [-0.15, -0.1) is 0 Å². The molecule has 0 radical (unpaired) electrons. The lowest BCUT2D eigenvalue weighted by Crippen LogP contribution is -2.50. The predicted octanol–water partition coefficient (Wildman–Crippen LogP) is 1.55. The van der Waals surface area contributed by atoms with E-state index in [0.717, 1.165) is 13.0 Å². The summed E-state index contributed by atoms with van der Waals surface area (Å²) in [5.74, 6) is 1.00. The van der Waals surface area contributed by atoms with Crippen LogP contribution in [0.15, 0.2) is 0 Å². The SMILES string of the molecule is CCC(C)C1NC(=O)CC(C)N(CC2CC2)C1=O. The third kappa shape index (κ3) is 2.85. The minimum atomic E-state index is -0.328. The number of rotatable bonds is 4. The Kier molecular flexibility index (Phi) is 3.93. The second-order valence-corrected chi connectivity index (χ2v) is 5.92. The van der Waals surface area contributed by atoms with Crippen LogP contribution in [0.1, 0.15) is 46.5 Å². The molecule has 3 unspecified atom stereocenters. The number of carbonyl (C=O) groups is 2. The summed E-state index contributed by atoms with van der Waals surface area (Å²) in [6, 6.07) is -0.293. The van der Waals surface area contributed by atoms with Crippen LogP contribution in [-0.2, 0) is 9.59 Å². The van der Waals surface area contributed by atoms with E-state index in [-0.39, 0.29) is 29.8 Å². The molecule has 2 rings (SSSR count). The number of carbonyl (C=O) groups excluding carboxylic acids is 2. The summed E-state index contributed by atoms with van der Waals surface area (Å²) in [4.78, 5) is 26.3. The molecular weight excluding hydrogens is 228 g/mol. The maximum absolute atomic E-state index is 12.6. The maximum Gasteiger partial charge on any atom is 0.245 e. The molecule has 0 bridgehead atoms. The van der Waals surface area contributed by atoms with E-state index >= 15 is 0 Å². The topological polar surface area (TPSA) is 49.4 Å². The standard InChI is InChI=1S/C14H24N2O2/c1-4-9(2)13-14(18)16(8-11-5-6-11)10(3)7-12(17)15-13/h9-11,13H,4-8H2,1-3H3,(H,15,17). The number of hydrogen-bond acceptors (Lipinski definition) is 2. The highest BCUT2D eigenvalue weighted by atomic mass is 16.2. The minimum absolute atomic E-state index is 0.0134. The second-order valence-electron chi connectivity index (χ2n) is 5.92. The van der Waals surface area contributed by atoms with Gasteiger partial charge in [0, 0.05) is 19.0 Å². The molecule has 3 atom stereocenters. The van der Waals surface area contributed by atoms with Crippen molar-refractivity contribution in [1.82, 2.24) is 10.2 Å². The number of hydrogen-bond donors (Lipinski definition) is 1. The van der Waals surface area contributed by atoms with Gasteiger partial charge in [-0.3, -0.25) is 9.59 Å². The Bertz CT molecular complexity index is 339. The number of nitrogens with one attached hydrogen (secondary N) is 1. The molecule has 1 N–H and O–H groups in total. The molecule has 0 spiro atoms. The van der Waals surface area contributed by atoms with Gasteiger partial charge in [0.15, 0.2) is 0 Å². The molecule has 2 amide bonds. The van der Waals surface area contributed by atoms with Gasteiger partial charge in [0.2, 0.25) is 11.8 Å². The molecule has 1 aliphatic heterocycles. The van der Waals surface area contributed by atoms with Crippen LogP contribution in [0.5, 0.6) is 0 Å². The summed E-state index contributed by atoms with van der Waals surface area (Å²) in [6.45, 7) is 6.92. The number of nitrogens with zero attached hydrogens (tertiary/aromatic N) is 1. The van der Waals surface area contributed by atoms with E-state index in [9.17, 15) is 9.59 Å². The van der Waals surface area contributed by atoms with Crippen LogP contribution in [0.4, 0.5) is 0 Å². The van der Waals surface area contributed by atoms with Gasteiger partial charge in [-0.25, -0.2) is 0 Å². The summed E-state index contributed by atoms with van der Waals surface area (Å²) >= 11 is 0. The van der Waals surface area contributed by atoms with Crippen LogP contribution in [0, 0.1) is 11.8 Å². The molecule has 18 heavy (non-hydrogen) atoms. The van der Waals surface area contributed by atoms with E-state index in [1.807, 2.05) is 18.7 Å². The molecule has 0 aromatic rings. The molecule has 2 aliphatic rings. The summed E-state index contributed by atoms with van der Waals surface area (Å²) in [7, 11) is 0. The number of amides is 2. The van der Waals surface area contributed by atoms with Crippen molar-refractivity contribution in [2.24, 2.45) is 11.8 Å². The Morgan fingerprint density at radius 1 is 1.39 bits per heavy atom. The fraction of sp³-hybridized carbons (Fsp3) is 0.857. The van der Waals surface area contributed by atoms with Crippen molar-refractivity contribution in [3.63, 3.8) is 0 Å². The largest absolute Gasteiger partial charge is 0.344 e. The highest BCUT2D eigenvalue weighted by Crippen LogP contribution is 2.31. The van der Waals surface area contributed by atoms with Gasteiger partial charge in [-0.05, 0) is 31.6 Å². The quantitative estimate of drug-likeness (QED) is 0.825. The van der Waals surface area contributed by atoms with Crippen LogP contribution < -0.4 is 5.32 Å². The van der Waals surface area contributed by atoms with Gasteiger partial charge in [-0.1, -0.05) is 20.3 Å². The van der Waals surface area contributed by atoms with E-state index in [4.69, 9.17) is 0 Å². The molecule has 102 valence electrons. The first-order valence-electron chi connectivity index (χ1n) is 7.12. The molecule has 0 aromatic carbocycles. The first-order valence-corrected chi connectivity index (χ1v) is 7.12. The van der Waals surface area contributed by atoms with Crippen molar-refractivity contribution >= 4 is 11.8 Å². The van der Waals surface area contributed by atoms with Gasteiger partial charge in [-0.2, -0.15) is 0 Å². The molecule has 2 fully saturated rings. The Morgan fingerprint density at radius 2 is 2.06 bits per heavy atom. The molecule has 4 heteroatoms. The normalized spacial score (nSPS) is 30.9. The van der Waals surface area contributed by atoms with E-state index in [1.165, 1.54) is 12.8 Å². The van der Waals surface area contributed by atoms with E-state index < -0.39 is 0 Å². The fourth-order valence-electron chi connectivity index (χ4n) is 2.54. The van der Waals surface area contributed by atoms with E-state index in [0.29, 0.717) is 12.3 Å². The molecule has 1 saturated heterocycles. The van der Waals surface area contributed by atoms with Crippen LogP contribution in [-0.4, -0.2) is 35.3 Å². The van der Waals surface area contributed by atoms with Crippen molar-refractivity contribution in [2.75, 3.05) is 6.54 Å². The first-order chi connectivity index (χ1) is 8.52. The summed E-state index contributed by atoms with van der Waals surface area (Å²) in [6.07, 6.45) is 3.80. The maximum atomic E-state index is 12.6. The zero-order valence-corrected chi connectivity index (χ0v) is 11.6. The zero-order chi connectivity index (χ0) is 13.3. The van der Waals surface area contributed by atoms with Gasteiger partial charge < -0.3 is 10.2 Å². The third-order valence-corrected chi connectivity index (χ3v) is 4.24. The van der Waals surface area contributed by atoms with Crippen LogP contribution in [0.3, 0.4) is 0 Å². The van der Waals surface area contributed by atoms with Crippen LogP contribution >= 0.6 is 0 Å². The average Bonchev–Trinajstić information content (AvgIpc) is 3.14. The molecular formula is C14H24N2O2. The molecule has 1 saturated carbocycles. The monoisotopic (exact) mass is 252 g/mol. The smallest absolute Gasteiger partial charge is 0.245 e. The molecule has 4 nitrogen and oxygen atoms in total. The summed E-state index contributed by atoms with van der Waals surface area (Å²) in [5.41, 5.74) is 0. The molecule has 1 aliphatic carbocycles. The van der Waals surface area contributed by atoms with Crippen LogP contribution in [0.25, 0.3) is 0 Å². The zero-order valence-electron chi connectivity index (χ0n) is 11.6. The molecule has 1 heterocycles.